The molecule has 0 atom stereocenters. The van der Waals surface area contributed by atoms with E-state index in [4.69, 9.17) is 8.83 Å². The molecule has 10 aromatic rings. The predicted octanol–water partition coefficient (Wildman–Crippen LogP) is 13.4. The quantitative estimate of drug-likeness (QED) is 0.178. The van der Waals surface area contributed by atoms with E-state index < -0.39 is 0 Å². The summed E-state index contributed by atoms with van der Waals surface area (Å²) in [6.07, 6.45) is 0. The summed E-state index contributed by atoms with van der Waals surface area (Å²) in [7, 11) is 0. The first-order valence-electron chi connectivity index (χ1n) is 17.0. The monoisotopic (exact) mass is 626 g/mol. The lowest BCUT2D eigenvalue weighted by Gasteiger charge is -2.23. The average molecular weight is 627 g/mol. The van der Waals surface area contributed by atoms with Crippen molar-refractivity contribution in [1.29, 1.82) is 0 Å². The zero-order valence-electron chi connectivity index (χ0n) is 27.2. The van der Waals surface area contributed by atoms with E-state index in [0.717, 1.165) is 43.9 Å². The normalized spacial score (nSPS) is 13.7. The second kappa shape index (κ2) is 9.49. The maximum absolute atomic E-state index is 6.59. The van der Waals surface area contributed by atoms with Crippen molar-refractivity contribution in [3.05, 3.63) is 157 Å². The highest BCUT2D eigenvalue weighted by molar-refractivity contribution is 6.24. The number of benzene rings is 8. The molecule has 11 rings (SSSR count). The molecule has 0 amide bonds. The van der Waals surface area contributed by atoms with Crippen LogP contribution in [-0.2, 0) is 5.41 Å². The maximum atomic E-state index is 6.59. The van der Waals surface area contributed by atoms with Gasteiger partial charge in [-0.1, -0.05) is 123 Å². The lowest BCUT2D eigenvalue weighted by Crippen LogP contribution is -2.14. The molecule has 0 aliphatic heterocycles. The highest BCUT2D eigenvalue weighted by Gasteiger charge is 2.35. The van der Waals surface area contributed by atoms with Crippen LogP contribution in [0.25, 0.3) is 98.8 Å². The summed E-state index contributed by atoms with van der Waals surface area (Å²) < 4.78 is 12.8. The molecule has 230 valence electrons. The van der Waals surface area contributed by atoms with Crippen molar-refractivity contribution < 1.29 is 8.83 Å². The summed E-state index contributed by atoms with van der Waals surface area (Å²) in [5.74, 6) is 0. The van der Waals surface area contributed by atoms with Crippen molar-refractivity contribution in [1.82, 2.24) is 0 Å². The van der Waals surface area contributed by atoms with E-state index in [-0.39, 0.29) is 5.41 Å². The number of hydrogen-bond donors (Lipinski definition) is 0. The summed E-state index contributed by atoms with van der Waals surface area (Å²) in [6, 6.07) is 52.9. The van der Waals surface area contributed by atoms with E-state index in [1.807, 2.05) is 12.1 Å². The van der Waals surface area contributed by atoms with E-state index >= 15 is 0 Å². The van der Waals surface area contributed by atoms with Crippen LogP contribution in [0.5, 0.6) is 0 Å². The van der Waals surface area contributed by atoms with Gasteiger partial charge in [-0.15, -0.1) is 0 Å². The highest BCUT2D eigenvalue weighted by Crippen LogP contribution is 2.51. The molecule has 2 heterocycles. The Hall–Kier alpha value is -6.12. The molecule has 0 bridgehead atoms. The van der Waals surface area contributed by atoms with Gasteiger partial charge in [0.25, 0.3) is 0 Å². The Kier molecular flexibility index (Phi) is 5.21. The van der Waals surface area contributed by atoms with E-state index in [2.05, 4.69) is 147 Å². The first-order chi connectivity index (χ1) is 24.1. The summed E-state index contributed by atoms with van der Waals surface area (Å²) in [5, 5.41) is 9.33. The van der Waals surface area contributed by atoms with Gasteiger partial charge in [-0.2, -0.15) is 0 Å². The van der Waals surface area contributed by atoms with Crippen molar-refractivity contribution in [3.63, 3.8) is 0 Å². The number of para-hydroxylation sites is 1. The molecule has 0 saturated heterocycles. The van der Waals surface area contributed by atoms with Gasteiger partial charge in [0.15, 0.2) is 0 Å². The Labute approximate surface area is 282 Å². The van der Waals surface area contributed by atoms with Gasteiger partial charge in [0.05, 0.1) is 5.39 Å². The third kappa shape index (κ3) is 3.55. The first kappa shape index (κ1) is 26.9. The van der Waals surface area contributed by atoms with Crippen molar-refractivity contribution in [2.45, 2.75) is 19.3 Å². The van der Waals surface area contributed by atoms with Crippen LogP contribution >= 0.6 is 0 Å². The van der Waals surface area contributed by atoms with Gasteiger partial charge in [0.2, 0.25) is 0 Å². The minimum atomic E-state index is -0.0649. The van der Waals surface area contributed by atoms with Gasteiger partial charge >= 0.3 is 0 Å². The predicted molar refractivity (Wildman–Crippen MR) is 204 cm³/mol. The minimum Gasteiger partial charge on any atom is -0.456 e. The Morgan fingerprint density at radius 1 is 0.388 bits per heavy atom. The molecule has 2 heteroatoms. The van der Waals surface area contributed by atoms with Gasteiger partial charge in [-0.25, -0.2) is 0 Å². The van der Waals surface area contributed by atoms with E-state index in [1.165, 1.54) is 66.1 Å². The summed E-state index contributed by atoms with van der Waals surface area (Å²) in [4.78, 5) is 0. The van der Waals surface area contributed by atoms with Gasteiger partial charge in [-0.05, 0) is 102 Å². The van der Waals surface area contributed by atoms with Crippen LogP contribution < -0.4 is 0 Å². The lowest BCUT2D eigenvalue weighted by atomic mass is 9.80. The van der Waals surface area contributed by atoms with E-state index in [9.17, 15) is 0 Å². The van der Waals surface area contributed by atoms with Crippen LogP contribution in [0, 0.1) is 0 Å². The average Bonchev–Trinajstić information content (AvgIpc) is 3.78. The van der Waals surface area contributed by atoms with Crippen molar-refractivity contribution in [2.75, 3.05) is 0 Å². The fourth-order valence-electron chi connectivity index (χ4n) is 8.81. The molecule has 1 aliphatic rings. The minimum absolute atomic E-state index is 0.0649. The molecular weight excluding hydrogens is 597 g/mol. The Morgan fingerprint density at radius 2 is 0.939 bits per heavy atom. The SMILES string of the molecule is CC1(C)c2ccccc2-c2ccc(-c3c4ccccc4c(-c4ccc5oc6c(ccc7oc8ccccc8c76)c5c4)c4ccccc34)cc21. The summed E-state index contributed by atoms with van der Waals surface area (Å²) in [5.41, 5.74) is 13.9. The molecule has 0 N–H and O–H groups in total. The standard InChI is InChI=1S/C47H30O2/c1-47(2)38-17-9-7-11-29(38)30-21-19-28(26-39(30)47)44-33-14-5-3-12-31(33)43(32-13-4-6-15-34(32)44)27-20-23-41-37(25-27)35-22-24-42-45(46(35)49-41)36-16-8-10-18-40(36)48-42/h3-26H,1-2H3. The number of hydrogen-bond acceptors (Lipinski definition) is 2. The van der Waals surface area contributed by atoms with Gasteiger partial charge in [-0.3, -0.25) is 0 Å². The van der Waals surface area contributed by atoms with Crippen LogP contribution in [0.3, 0.4) is 0 Å². The van der Waals surface area contributed by atoms with Crippen LogP contribution in [0.4, 0.5) is 0 Å². The van der Waals surface area contributed by atoms with Crippen LogP contribution in [-0.4, -0.2) is 0 Å². The molecule has 2 nitrogen and oxygen atoms in total. The van der Waals surface area contributed by atoms with Crippen molar-refractivity contribution in [3.8, 4) is 33.4 Å². The van der Waals surface area contributed by atoms with Gasteiger partial charge in [0, 0.05) is 21.6 Å². The number of fused-ring (bicyclic) bond motifs is 12. The fraction of sp³-hybridized carbons (Fsp3) is 0.0638. The number of rotatable bonds is 2. The molecule has 2 aromatic heterocycles. The fourth-order valence-corrected chi connectivity index (χ4v) is 8.81. The molecular formula is C47H30O2. The van der Waals surface area contributed by atoms with Crippen LogP contribution in [0.2, 0.25) is 0 Å². The molecule has 49 heavy (non-hydrogen) atoms. The van der Waals surface area contributed by atoms with E-state index in [0.29, 0.717) is 0 Å². The smallest absolute Gasteiger partial charge is 0.147 e. The second-order valence-electron chi connectivity index (χ2n) is 14.0. The third-order valence-corrected chi connectivity index (χ3v) is 11.1. The molecule has 8 aromatic carbocycles. The molecule has 0 spiro atoms. The molecule has 0 radical (unpaired) electrons. The Balaban J connectivity index is 1.17. The zero-order valence-corrected chi connectivity index (χ0v) is 27.2. The summed E-state index contributed by atoms with van der Waals surface area (Å²) in [6.45, 7) is 4.72. The third-order valence-electron chi connectivity index (χ3n) is 11.1. The van der Waals surface area contributed by atoms with Crippen LogP contribution in [0.15, 0.2) is 154 Å². The maximum Gasteiger partial charge on any atom is 0.147 e. The molecule has 1 aliphatic carbocycles. The Morgan fingerprint density at radius 3 is 1.67 bits per heavy atom. The van der Waals surface area contributed by atoms with Crippen molar-refractivity contribution in [2.24, 2.45) is 0 Å². The van der Waals surface area contributed by atoms with Gasteiger partial charge in [0.1, 0.15) is 22.3 Å². The van der Waals surface area contributed by atoms with Gasteiger partial charge < -0.3 is 8.83 Å². The first-order valence-corrected chi connectivity index (χ1v) is 17.0. The molecule has 0 fully saturated rings. The second-order valence-corrected chi connectivity index (χ2v) is 14.0. The largest absolute Gasteiger partial charge is 0.456 e. The van der Waals surface area contributed by atoms with Crippen LogP contribution in [0.1, 0.15) is 25.0 Å². The molecule has 0 saturated carbocycles. The lowest BCUT2D eigenvalue weighted by molar-refractivity contribution is 0.660. The Bertz CT molecular complexity index is 2970. The van der Waals surface area contributed by atoms with E-state index in [1.54, 1.807) is 0 Å². The topological polar surface area (TPSA) is 26.3 Å². The summed E-state index contributed by atoms with van der Waals surface area (Å²) >= 11 is 0. The highest BCUT2D eigenvalue weighted by atomic mass is 16.3. The molecule has 0 unspecified atom stereocenters. The number of furan rings is 2. The van der Waals surface area contributed by atoms with Crippen molar-refractivity contribution >= 4 is 65.4 Å². The zero-order chi connectivity index (χ0) is 32.4.